The molecule has 1 heterocycles. The van der Waals surface area contributed by atoms with Gasteiger partial charge in [-0.05, 0) is 42.7 Å². The number of aromatic nitrogens is 1. The van der Waals surface area contributed by atoms with Crippen molar-refractivity contribution in [3.63, 3.8) is 0 Å². The number of amides is 1. The molecule has 0 bridgehead atoms. The predicted octanol–water partition coefficient (Wildman–Crippen LogP) is 2.34. The van der Waals surface area contributed by atoms with Gasteiger partial charge in [-0.3, -0.25) is 4.79 Å². The third-order valence-electron chi connectivity index (χ3n) is 3.64. The summed E-state index contributed by atoms with van der Waals surface area (Å²) in [5.74, 6) is -0.499. The lowest BCUT2D eigenvalue weighted by Crippen LogP contribution is -2.42. The largest absolute Gasteiger partial charge is 0.467 e. The number of carbonyl (C=O) groups excluding carboxylic acids is 2. The highest BCUT2D eigenvalue weighted by Crippen LogP contribution is 2.20. The van der Waals surface area contributed by atoms with E-state index in [-0.39, 0.29) is 11.7 Å². The first-order chi connectivity index (χ1) is 11.0. The van der Waals surface area contributed by atoms with E-state index < -0.39 is 12.0 Å². The van der Waals surface area contributed by atoms with E-state index in [0.717, 1.165) is 11.3 Å². The van der Waals surface area contributed by atoms with Crippen LogP contribution in [-0.2, 0) is 16.6 Å². The molecule has 0 saturated heterocycles. The number of esters is 1. The summed E-state index contributed by atoms with van der Waals surface area (Å²) in [4.78, 5) is 24.3. The number of ether oxygens (including phenoxy) is 1. The standard InChI is InChI=1S/C16H19FN2O3S/c1-19-13-5-4-11(17)8-10(13)9-14(19)15(20)18-12(6-7-23-3)16(21)22-2/h4-5,8-9,12H,6-7H2,1-3H3,(H,18,20)/t12-/m1/s1. The Hall–Kier alpha value is -2.02. The van der Waals surface area contributed by atoms with Crippen molar-refractivity contribution in [2.45, 2.75) is 12.5 Å². The molecular formula is C16H19FN2O3S. The van der Waals surface area contributed by atoms with Gasteiger partial charge in [0.05, 0.1) is 7.11 Å². The van der Waals surface area contributed by atoms with E-state index in [9.17, 15) is 14.0 Å². The van der Waals surface area contributed by atoms with E-state index in [2.05, 4.69) is 5.32 Å². The van der Waals surface area contributed by atoms with Gasteiger partial charge in [0.15, 0.2) is 0 Å². The first kappa shape index (κ1) is 17.3. The maximum absolute atomic E-state index is 13.3. The molecule has 5 nitrogen and oxygen atoms in total. The zero-order chi connectivity index (χ0) is 17.0. The summed E-state index contributed by atoms with van der Waals surface area (Å²) in [5, 5.41) is 3.33. The molecule has 0 radical (unpaired) electrons. The monoisotopic (exact) mass is 338 g/mol. The number of aryl methyl sites for hydroxylation is 1. The lowest BCUT2D eigenvalue weighted by atomic mass is 10.2. The molecule has 0 spiro atoms. The third-order valence-corrected chi connectivity index (χ3v) is 4.28. The highest BCUT2D eigenvalue weighted by molar-refractivity contribution is 7.98. The molecule has 1 aromatic carbocycles. The van der Waals surface area contributed by atoms with Crippen LogP contribution in [0.2, 0.25) is 0 Å². The quantitative estimate of drug-likeness (QED) is 0.822. The van der Waals surface area contributed by atoms with Crippen molar-refractivity contribution < 1.29 is 18.7 Å². The van der Waals surface area contributed by atoms with Crippen LogP contribution in [0.3, 0.4) is 0 Å². The minimum atomic E-state index is -0.699. The third kappa shape index (κ3) is 3.85. The van der Waals surface area contributed by atoms with Gasteiger partial charge >= 0.3 is 5.97 Å². The fourth-order valence-corrected chi connectivity index (χ4v) is 2.87. The fourth-order valence-electron chi connectivity index (χ4n) is 2.40. The number of benzene rings is 1. The Balaban J connectivity index is 2.25. The normalized spacial score (nSPS) is 12.2. The zero-order valence-electron chi connectivity index (χ0n) is 13.3. The van der Waals surface area contributed by atoms with Crippen molar-refractivity contribution >= 4 is 34.5 Å². The fraction of sp³-hybridized carbons (Fsp3) is 0.375. The Labute approximate surface area is 138 Å². The van der Waals surface area contributed by atoms with E-state index in [1.807, 2.05) is 6.26 Å². The van der Waals surface area contributed by atoms with E-state index in [1.165, 1.54) is 19.2 Å². The van der Waals surface area contributed by atoms with E-state index in [1.54, 1.807) is 35.5 Å². The zero-order valence-corrected chi connectivity index (χ0v) is 14.1. The summed E-state index contributed by atoms with van der Waals surface area (Å²) in [6, 6.07) is 5.25. The highest BCUT2D eigenvalue weighted by Gasteiger charge is 2.23. The van der Waals surface area contributed by atoms with Crippen molar-refractivity contribution in [2.75, 3.05) is 19.1 Å². The molecule has 124 valence electrons. The summed E-state index contributed by atoms with van der Waals surface area (Å²) in [6.45, 7) is 0. The molecule has 0 saturated carbocycles. The Morgan fingerprint density at radius 2 is 2.13 bits per heavy atom. The van der Waals surface area contributed by atoms with Gasteiger partial charge in [0.25, 0.3) is 5.91 Å². The molecule has 1 N–H and O–H groups in total. The van der Waals surface area contributed by atoms with E-state index in [0.29, 0.717) is 17.5 Å². The molecule has 0 fully saturated rings. The number of rotatable bonds is 6. The SMILES string of the molecule is COC(=O)[C@@H](CCSC)NC(=O)c1cc2cc(F)ccc2n1C. The number of nitrogens with zero attached hydrogens (tertiary/aromatic N) is 1. The van der Waals surface area contributed by atoms with Crippen molar-refractivity contribution in [3.05, 3.63) is 35.8 Å². The summed E-state index contributed by atoms with van der Waals surface area (Å²) in [5.41, 5.74) is 1.11. The van der Waals surface area contributed by atoms with Crippen LogP contribution in [0.4, 0.5) is 4.39 Å². The van der Waals surface area contributed by atoms with Gasteiger partial charge in [0.2, 0.25) is 0 Å². The maximum Gasteiger partial charge on any atom is 0.328 e. The van der Waals surface area contributed by atoms with Crippen LogP contribution in [0.15, 0.2) is 24.3 Å². The second-order valence-corrected chi connectivity index (χ2v) is 6.11. The molecule has 2 aromatic rings. The van der Waals surface area contributed by atoms with Crippen LogP contribution < -0.4 is 5.32 Å². The second kappa shape index (κ2) is 7.50. The first-order valence-electron chi connectivity index (χ1n) is 7.10. The number of thioether (sulfide) groups is 1. The van der Waals surface area contributed by atoms with E-state index in [4.69, 9.17) is 4.74 Å². The molecule has 1 amide bonds. The van der Waals surface area contributed by atoms with Crippen LogP contribution in [0.5, 0.6) is 0 Å². The summed E-state index contributed by atoms with van der Waals surface area (Å²) in [6.07, 6.45) is 2.41. The molecule has 0 unspecified atom stereocenters. The Kier molecular flexibility index (Phi) is 5.65. The molecular weight excluding hydrogens is 319 g/mol. The average molecular weight is 338 g/mol. The number of hydrogen-bond acceptors (Lipinski definition) is 4. The molecule has 7 heteroatoms. The smallest absolute Gasteiger partial charge is 0.328 e. The molecule has 1 aromatic heterocycles. The molecule has 0 aliphatic carbocycles. The number of methoxy groups -OCH3 is 1. The van der Waals surface area contributed by atoms with Crippen molar-refractivity contribution in [3.8, 4) is 0 Å². The van der Waals surface area contributed by atoms with Crippen LogP contribution in [0.1, 0.15) is 16.9 Å². The lowest BCUT2D eigenvalue weighted by molar-refractivity contribution is -0.142. The molecule has 23 heavy (non-hydrogen) atoms. The van der Waals surface area contributed by atoms with Crippen LogP contribution in [-0.4, -0.2) is 41.6 Å². The second-order valence-electron chi connectivity index (χ2n) is 5.12. The lowest BCUT2D eigenvalue weighted by Gasteiger charge is -2.16. The number of carbonyl (C=O) groups is 2. The summed E-state index contributed by atoms with van der Waals surface area (Å²) >= 11 is 1.58. The van der Waals surface area contributed by atoms with Gasteiger partial charge in [-0.1, -0.05) is 0 Å². The Bertz CT molecular complexity index is 729. The van der Waals surface area contributed by atoms with Crippen LogP contribution in [0.25, 0.3) is 10.9 Å². The van der Waals surface area contributed by atoms with Gasteiger partial charge in [-0.2, -0.15) is 11.8 Å². The summed E-state index contributed by atoms with van der Waals surface area (Å²) < 4.78 is 19.7. The first-order valence-corrected chi connectivity index (χ1v) is 8.50. The van der Waals surface area contributed by atoms with Crippen LogP contribution in [0, 0.1) is 5.82 Å². The van der Waals surface area contributed by atoms with E-state index >= 15 is 0 Å². The Morgan fingerprint density at radius 1 is 1.39 bits per heavy atom. The van der Waals surface area contributed by atoms with Crippen molar-refractivity contribution in [1.29, 1.82) is 0 Å². The van der Waals surface area contributed by atoms with Gasteiger partial charge in [-0.25, -0.2) is 9.18 Å². The number of nitrogens with one attached hydrogen (secondary N) is 1. The topological polar surface area (TPSA) is 60.3 Å². The minimum Gasteiger partial charge on any atom is -0.467 e. The van der Waals surface area contributed by atoms with Crippen LogP contribution >= 0.6 is 11.8 Å². The average Bonchev–Trinajstić information content (AvgIpc) is 2.86. The minimum absolute atomic E-state index is 0.359. The van der Waals surface area contributed by atoms with Gasteiger partial charge in [0.1, 0.15) is 17.6 Å². The number of fused-ring (bicyclic) bond motifs is 1. The molecule has 2 rings (SSSR count). The summed E-state index contributed by atoms with van der Waals surface area (Å²) in [7, 11) is 3.02. The highest BCUT2D eigenvalue weighted by atomic mass is 32.2. The number of halogens is 1. The van der Waals surface area contributed by atoms with Crippen molar-refractivity contribution in [2.24, 2.45) is 7.05 Å². The predicted molar refractivity (Wildman–Crippen MR) is 89.1 cm³/mol. The van der Waals surface area contributed by atoms with Gasteiger partial charge in [0, 0.05) is 18.0 Å². The molecule has 1 atom stereocenters. The Morgan fingerprint density at radius 3 is 2.78 bits per heavy atom. The van der Waals surface area contributed by atoms with Gasteiger partial charge in [-0.15, -0.1) is 0 Å². The van der Waals surface area contributed by atoms with Crippen molar-refractivity contribution in [1.82, 2.24) is 9.88 Å². The molecule has 0 aliphatic heterocycles. The maximum atomic E-state index is 13.3. The van der Waals surface area contributed by atoms with Gasteiger partial charge < -0.3 is 14.6 Å². The molecule has 0 aliphatic rings. The number of hydrogen-bond donors (Lipinski definition) is 1.